The molecule has 1 heterocycles. The van der Waals surface area contributed by atoms with Crippen LogP contribution in [0.3, 0.4) is 0 Å². The Labute approximate surface area is 59.3 Å². The lowest BCUT2D eigenvalue weighted by Crippen LogP contribution is -2.26. The van der Waals surface area contributed by atoms with E-state index in [1.165, 1.54) is 5.06 Å². The Bertz CT molecular complexity index is 143. The Morgan fingerprint density at radius 1 is 1.60 bits per heavy atom. The van der Waals surface area contributed by atoms with Crippen molar-refractivity contribution in [3.63, 3.8) is 0 Å². The average molecular weight is 144 g/mol. The van der Waals surface area contributed by atoms with Crippen LogP contribution >= 0.6 is 0 Å². The number of nitrogens with two attached hydrogens (primary N) is 2. The summed E-state index contributed by atoms with van der Waals surface area (Å²) >= 11 is 0. The first kappa shape index (κ1) is 7.30. The van der Waals surface area contributed by atoms with Gasteiger partial charge in [-0.05, 0) is 6.42 Å². The normalized spacial score (nSPS) is 26.7. The molecule has 5 N–H and O–H groups in total. The van der Waals surface area contributed by atoms with Crippen molar-refractivity contribution in [1.82, 2.24) is 5.06 Å². The van der Waals surface area contributed by atoms with Gasteiger partial charge in [0.1, 0.15) is 0 Å². The van der Waals surface area contributed by atoms with Gasteiger partial charge in [0, 0.05) is 13.1 Å². The molecule has 0 spiro atoms. The van der Waals surface area contributed by atoms with Crippen molar-refractivity contribution in [2.24, 2.45) is 16.5 Å². The molecule has 0 aromatic heterocycles. The molecule has 10 heavy (non-hydrogen) atoms. The van der Waals surface area contributed by atoms with Gasteiger partial charge in [0.05, 0.1) is 6.04 Å². The third-order valence-electron chi connectivity index (χ3n) is 1.47. The maximum absolute atomic E-state index is 8.89. The highest BCUT2D eigenvalue weighted by molar-refractivity contribution is 5.75. The largest absolute Gasteiger partial charge is 0.370 e. The average Bonchev–Trinajstić information content (AvgIpc) is 2.13. The molecule has 1 aliphatic heterocycles. The summed E-state index contributed by atoms with van der Waals surface area (Å²) in [7, 11) is 0. The maximum atomic E-state index is 8.89. The standard InChI is InChI=1S/C5H12N4O/c6-5(7)8-4-1-2-9(10)3-4/h4,10H,1-3H2,(H4,6,7,8). The van der Waals surface area contributed by atoms with Gasteiger partial charge in [-0.15, -0.1) is 0 Å². The van der Waals surface area contributed by atoms with Crippen molar-refractivity contribution in [3.8, 4) is 0 Å². The van der Waals surface area contributed by atoms with E-state index in [2.05, 4.69) is 4.99 Å². The Balaban J connectivity index is 2.38. The van der Waals surface area contributed by atoms with Gasteiger partial charge in [-0.3, -0.25) is 0 Å². The Morgan fingerprint density at radius 3 is 2.70 bits per heavy atom. The summed E-state index contributed by atoms with van der Waals surface area (Å²) in [5.74, 6) is 0.0975. The lowest BCUT2D eigenvalue weighted by Gasteiger charge is -2.03. The van der Waals surface area contributed by atoms with Gasteiger partial charge in [0.15, 0.2) is 5.96 Å². The minimum atomic E-state index is 0.0787. The molecule has 1 saturated heterocycles. The predicted molar refractivity (Wildman–Crippen MR) is 37.6 cm³/mol. The van der Waals surface area contributed by atoms with Crippen LogP contribution in [0.25, 0.3) is 0 Å². The smallest absolute Gasteiger partial charge is 0.186 e. The van der Waals surface area contributed by atoms with Gasteiger partial charge in [-0.1, -0.05) is 0 Å². The van der Waals surface area contributed by atoms with Crippen molar-refractivity contribution >= 4 is 5.96 Å². The summed E-state index contributed by atoms with van der Waals surface area (Å²) < 4.78 is 0. The molecule has 1 unspecified atom stereocenters. The van der Waals surface area contributed by atoms with E-state index in [0.717, 1.165) is 6.42 Å². The summed E-state index contributed by atoms with van der Waals surface area (Å²) in [6.07, 6.45) is 0.828. The molecule has 1 aliphatic rings. The van der Waals surface area contributed by atoms with E-state index in [4.69, 9.17) is 16.7 Å². The van der Waals surface area contributed by atoms with Crippen LogP contribution in [-0.4, -0.2) is 35.4 Å². The van der Waals surface area contributed by atoms with E-state index in [0.29, 0.717) is 13.1 Å². The second-order valence-corrected chi connectivity index (χ2v) is 2.41. The molecule has 1 atom stereocenters. The number of rotatable bonds is 1. The molecular formula is C5H12N4O. The summed E-state index contributed by atoms with van der Waals surface area (Å²) in [4.78, 5) is 3.90. The maximum Gasteiger partial charge on any atom is 0.186 e. The van der Waals surface area contributed by atoms with E-state index in [1.807, 2.05) is 0 Å². The van der Waals surface area contributed by atoms with E-state index in [-0.39, 0.29) is 12.0 Å². The second kappa shape index (κ2) is 2.85. The first-order valence-electron chi connectivity index (χ1n) is 3.21. The van der Waals surface area contributed by atoms with Gasteiger partial charge < -0.3 is 16.7 Å². The van der Waals surface area contributed by atoms with Crippen LogP contribution in [0.5, 0.6) is 0 Å². The molecule has 58 valence electrons. The highest BCUT2D eigenvalue weighted by Gasteiger charge is 2.19. The lowest BCUT2D eigenvalue weighted by atomic mass is 10.3. The quantitative estimate of drug-likeness (QED) is 0.316. The highest BCUT2D eigenvalue weighted by atomic mass is 16.5. The Kier molecular flexibility index (Phi) is 2.08. The van der Waals surface area contributed by atoms with Gasteiger partial charge in [0.2, 0.25) is 0 Å². The zero-order valence-corrected chi connectivity index (χ0v) is 5.70. The fourth-order valence-electron chi connectivity index (χ4n) is 1.04. The fraction of sp³-hybridized carbons (Fsp3) is 0.800. The summed E-state index contributed by atoms with van der Waals surface area (Å²) in [6.45, 7) is 1.19. The molecular weight excluding hydrogens is 132 g/mol. The predicted octanol–water partition coefficient (Wildman–Crippen LogP) is -1.28. The number of nitrogens with zero attached hydrogens (tertiary/aromatic N) is 2. The lowest BCUT2D eigenvalue weighted by molar-refractivity contribution is -0.0688. The summed E-state index contributed by atoms with van der Waals surface area (Å²) in [6, 6.07) is 0.0787. The van der Waals surface area contributed by atoms with E-state index < -0.39 is 0 Å². The molecule has 0 saturated carbocycles. The van der Waals surface area contributed by atoms with Crippen molar-refractivity contribution in [3.05, 3.63) is 0 Å². The zero-order valence-electron chi connectivity index (χ0n) is 5.70. The first-order valence-corrected chi connectivity index (χ1v) is 3.21. The SMILES string of the molecule is NC(N)=NC1CCN(O)C1. The molecule has 0 aromatic rings. The zero-order chi connectivity index (χ0) is 7.56. The number of hydrogen-bond donors (Lipinski definition) is 3. The van der Waals surface area contributed by atoms with Crippen molar-refractivity contribution < 1.29 is 5.21 Å². The number of guanidine groups is 1. The van der Waals surface area contributed by atoms with Crippen LogP contribution in [0.4, 0.5) is 0 Å². The van der Waals surface area contributed by atoms with Crippen molar-refractivity contribution in [2.75, 3.05) is 13.1 Å². The second-order valence-electron chi connectivity index (χ2n) is 2.41. The number of hydrogen-bond acceptors (Lipinski definition) is 3. The van der Waals surface area contributed by atoms with Crippen LogP contribution in [-0.2, 0) is 0 Å². The molecule has 5 nitrogen and oxygen atoms in total. The summed E-state index contributed by atoms with van der Waals surface area (Å²) in [5, 5.41) is 10.1. The third-order valence-corrected chi connectivity index (χ3v) is 1.47. The Hall–Kier alpha value is -0.810. The number of hydroxylamine groups is 2. The van der Waals surface area contributed by atoms with Crippen LogP contribution in [0, 0.1) is 0 Å². The molecule has 0 amide bonds. The molecule has 0 aliphatic carbocycles. The Morgan fingerprint density at radius 2 is 2.30 bits per heavy atom. The molecule has 0 aromatic carbocycles. The molecule has 5 heteroatoms. The van der Waals surface area contributed by atoms with E-state index >= 15 is 0 Å². The van der Waals surface area contributed by atoms with E-state index in [9.17, 15) is 0 Å². The molecule has 1 fully saturated rings. The monoisotopic (exact) mass is 144 g/mol. The molecule has 0 radical (unpaired) electrons. The van der Waals surface area contributed by atoms with Crippen LogP contribution in [0.1, 0.15) is 6.42 Å². The van der Waals surface area contributed by atoms with E-state index in [1.54, 1.807) is 0 Å². The van der Waals surface area contributed by atoms with Crippen LogP contribution < -0.4 is 11.5 Å². The minimum absolute atomic E-state index is 0.0787. The topological polar surface area (TPSA) is 87.9 Å². The fourth-order valence-corrected chi connectivity index (χ4v) is 1.04. The highest BCUT2D eigenvalue weighted by Crippen LogP contribution is 2.08. The third kappa shape index (κ3) is 1.85. The van der Waals surface area contributed by atoms with Gasteiger partial charge >= 0.3 is 0 Å². The van der Waals surface area contributed by atoms with Gasteiger partial charge in [-0.2, -0.15) is 5.06 Å². The minimum Gasteiger partial charge on any atom is -0.370 e. The van der Waals surface area contributed by atoms with Gasteiger partial charge in [0.25, 0.3) is 0 Å². The molecule has 1 rings (SSSR count). The van der Waals surface area contributed by atoms with Crippen LogP contribution in [0.15, 0.2) is 4.99 Å². The first-order chi connectivity index (χ1) is 4.68. The number of aliphatic imine (C=N–C) groups is 1. The van der Waals surface area contributed by atoms with Crippen molar-refractivity contribution in [1.29, 1.82) is 0 Å². The van der Waals surface area contributed by atoms with Crippen molar-refractivity contribution in [2.45, 2.75) is 12.5 Å². The molecule has 0 bridgehead atoms. The summed E-state index contributed by atoms with van der Waals surface area (Å²) in [5.41, 5.74) is 10.3. The van der Waals surface area contributed by atoms with Crippen LogP contribution in [0.2, 0.25) is 0 Å². The van der Waals surface area contributed by atoms with Gasteiger partial charge in [-0.25, -0.2) is 4.99 Å².